The van der Waals surface area contributed by atoms with Gasteiger partial charge in [-0.15, -0.1) is 0 Å². The maximum absolute atomic E-state index is 10.9. The van der Waals surface area contributed by atoms with Crippen LogP contribution in [-0.4, -0.2) is 19.2 Å². The van der Waals surface area contributed by atoms with E-state index >= 15 is 0 Å². The lowest BCUT2D eigenvalue weighted by Crippen LogP contribution is -2.01. The van der Waals surface area contributed by atoms with Gasteiger partial charge in [0.25, 0.3) is 0 Å². The maximum atomic E-state index is 10.9. The van der Waals surface area contributed by atoms with Gasteiger partial charge in [0.05, 0.1) is 24.6 Å². The Balaban J connectivity index is 1.49. The lowest BCUT2D eigenvalue weighted by Gasteiger charge is -2.06. The van der Waals surface area contributed by atoms with E-state index in [1.54, 1.807) is 0 Å². The molecule has 0 bridgehead atoms. The summed E-state index contributed by atoms with van der Waals surface area (Å²) in [5.41, 5.74) is 3.05. The first-order valence-electron chi connectivity index (χ1n) is 13.2. The van der Waals surface area contributed by atoms with Crippen LogP contribution in [0.5, 0.6) is 5.75 Å². The number of esters is 1. The minimum atomic E-state index is -0.327. The third kappa shape index (κ3) is 13.5. The lowest BCUT2D eigenvalue weighted by atomic mass is 10.1. The molecule has 0 saturated carbocycles. The van der Waals surface area contributed by atoms with E-state index in [9.17, 15) is 4.79 Å². The molecule has 2 aromatic carbocycles. The molecule has 2 aromatic rings. The molecule has 0 N–H and O–H groups in total. The van der Waals surface area contributed by atoms with Crippen LogP contribution in [0.2, 0.25) is 0 Å². The van der Waals surface area contributed by atoms with Gasteiger partial charge in [-0.3, -0.25) is 0 Å². The van der Waals surface area contributed by atoms with Crippen LogP contribution in [0, 0.1) is 0 Å². The molecule has 0 aliphatic heterocycles. The van der Waals surface area contributed by atoms with E-state index in [1.807, 2.05) is 36.4 Å². The third-order valence-corrected chi connectivity index (χ3v) is 5.84. The molecule has 0 radical (unpaired) electrons. The van der Waals surface area contributed by atoms with E-state index in [0.29, 0.717) is 6.61 Å². The van der Waals surface area contributed by atoms with Crippen LogP contribution < -0.4 is 4.74 Å². The van der Waals surface area contributed by atoms with E-state index in [4.69, 9.17) is 9.47 Å². The number of aryl methyl sites for hydroxylation is 1. The Morgan fingerprint density at radius 1 is 0.743 bits per heavy atom. The average molecular weight is 479 g/mol. The summed E-state index contributed by atoms with van der Waals surface area (Å²) in [7, 11) is 0. The fourth-order valence-electron chi connectivity index (χ4n) is 3.70. The highest BCUT2D eigenvalue weighted by molar-refractivity contribution is 5.81. The van der Waals surface area contributed by atoms with Crippen molar-refractivity contribution >= 4 is 17.3 Å². The molecule has 2 rings (SSSR count). The van der Waals surface area contributed by atoms with Crippen LogP contribution in [0.25, 0.3) is 0 Å². The average Bonchev–Trinajstić information content (AvgIpc) is 2.90. The number of benzene rings is 2. The molecule has 5 nitrogen and oxygen atoms in total. The zero-order valence-electron chi connectivity index (χ0n) is 21.4. The van der Waals surface area contributed by atoms with Gasteiger partial charge in [-0.25, -0.2) is 4.79 Å². The first kappa shape index (κ1) is 28.3. The summed E-state index contributed by atoms with van der Waals surface area (Å²) < 4.78 is 10.8. The molecule has 0 unspecified atom stereocenters. The number of hydrogen-bond donors (Lipinski definition) is 0. The Kier molecular flexibility index (Phi) is 14.9. The van der Waals surface area contributed by atoms with E-state index in [2.05, 4.69) is 35.9 Å². The molecule has 0 amide bonds. The summed E-state index contributed by atoms with van der Waals surface area (Å²) in [6, 6.07) is 16.1. The monoisotopic (exact) mass is 478 g/mol. The van der Waals surface area contributed by atoms with Gasteiger partial charge in [0.2, 0.25) is 0 Å². The molecule has 0 aliphatic rings. The van der Waals surface area contributed by atoms with Gasteiger partial charge in [0.15, 0.2) is 0 Å². The van der Waals surface area contributed by atoms with Crippen molar-refractivity contribution in [1.82, 2.24) is 0 Å². The van der Waals surface area contributed by atoms with Crippen molar-refractivity contribution in [3.8, 4) is 5.75 Å². The minimum Gasteiger partial charge on any atom is -0.494 e. The Hall–Kier alpha value is -2.95. The van der Waals surface area contributed by atoms with Crippen molar-refractivity contribution in [1.29, 1.82) is 0 Å². The molecule has 5 heteroatoms. The molecular weight excluding hydrogens is 436 g/mol. The van der Waals surface area contributed by atoms with Crippen molar-refractivity contribution < 1.29 is 14.3 Å². The van der Waals surface area contributed by atoms with Crippen LogP contribution in [-0.2, 0) is 16.0 Å². The molecule has 0 heterocycles. The second-order valence-electron chi connectivity index (χ2n) is 8.87. The largest absolute Gasteiger partial charge is 0.494 e. The molecule has 0 spiro atoms. The fourth-order valence-corrected chi connectivity index (χ4v) is 3.70. The molecule has 0 saturated heterocycles. The van der Waals surface area contributed by atoms with E-state index in [1.165, 1.54) is 63.0 Å². The predicted molar refractivity (Wildman–Crippen MR) is 144 cm³/mol. The molecule has 190 valence electrons. The minimum absolute atomic E-state index is 0.327. The SMILES string of the molecule is C=CC(=O)OCCCCCCCCCCCOc1ccc(N=Nc2ccc(CCCC)cc2)cc1. The standard InChI is InChI=1S/C30H42N2O3/c1-3-5-15-26-16-18-27(19-17-26)31-32-28-20-22-29(23-21-28)34-24-13-11-9-7-6-8-10-12-14-25-35-30(33)4-2/h4,16-23H,2-3,5-15,24-25H2,1H3. The smallest absolute Gasteiger partial charge is 0.330 e. The van der Waals surface area contributed by atoms with Gasteiger partial charge in [-0.05, 0) is 67.6 Å². The molecule has 35 heavy (non-hydrogen) atoms. The highest BCUT2D eigenvalue weighted by Gasteiger charge is 1.98. The fraction of sp³-hybridized carbons (Fsp3) is 0.500. The van der Waals surface area contributed by atoms with E-state index < -0.39 is 0 Å². The number of rotatable bonds is 19. The zero-order valence-corrected chi connectivity index (χ0v) is 21.4. The summed E-state index contributed by atoms with van der Waals surface area (Å²) in [6.45, 7) is 6.85. The summed E-state index contributed by atoms with van der Waals surface area (Å²) in [6.07, 6.45) is 15.3. The van der Waals surface area contributed by atoms with Gasteiger partial charge < -0.3 is 9.47 Å². The van der Waals surface area contributed by atoms with Gasteiger partial charge in [0.1, 0.15) is 5.75 Å². The van der Waals surface area contributed by atoms with Crippen LogP contribution in [0.4, 0.5) is 11.4 Å². The second-order valence-corrected chi connectivity index (χ2v) is 8.87. The zero-order chi connectivity index (χ0) is 25.0. The van der Waals surface area contributed by atoms with Crippen LogP contribution in [0.1, 0.15) is 83.1 Å². The van der Waals surface area contributed by atoms with Gasteiger partial charge in [0, 0.05) is 6.08 Å². The van der Waals surface area contributed by atoms with Crippen molar-refractivity contribution in [3.63, 3.8) is 0 Å². The number of azo groups is 1. The highest BCUT2D eigenvalue weighted by Crippen LogP contribution is 2.22. The highest BCUT2D eigenvalue weighted by atomic mass is 16.5. The normalized spacial score (nSPS) is 11.0. The Morgan fingerprint density at radius 2 is 1.26 bits per heavy atom. The Morgan fingerprint density at radius 3 is 1.80 bits per heavy atom. The quantitative estimate of drug-likeness (QED) is 0.0875. The van der Waals surface area contributed by atoms with Crippen molar-refractivity contribution in [2.24, 2.45) is 10.2 Å². The molecule has 0 atom stereocenters. The van der Waals surface area contributed by atoms with E-state index in [0.717, 1.165) is 49.4 Å². The summed E-state index contributed by atoms with van der Waals surface area (Å²) in [4.78, 5) is 10.9. The van der Waals surface area contributed by atoms with Gasteiger partial charge in [-0.2, -0.15) is 10.2 Å². The van der Waals surface area contributed by atoms with Crippen LogP contribution >= 0.6 is 0 Å². The lowest BCUT2D eigenvalue weighted by molar-refractivity contribution is -0.137. The molecule has 0 aromatic heterocycles. The Labute approximate surface area is 211 Å². The number of hydrogen-bond acceptors (Lipinski definition) is 5. The van der Waals surface area contributed by atoms with Crippen LogP contribution in [0.15, 0.2) is 71.4 Å². The van der Waals surface area contributed by atoms with Gasteiger partial charge >= 0.3 is 5.97 Å². The van der Waals surface area contributed by atoms with Crippen LogP contribution in [0.3, 0.4) is 0 Å². The van der Waals surface area contributed by atoms with Crippen molar-refractivity contribution in [2.45, 2.75) is 84.0 Å². The number of ether oxygens (including phenoxy) is 2. The number of nitrogens with zero attached hydrogens (tertiary/aromatic N) is 2. The second kappa shape index (κ2) is 18.4. The Bertz CT molecular complexity index is 860. The molecule has 0 aliphatic carbocycles. The number of unbranched alkanes of at least 4 members (excludes halogenated alkanes) is 9. The topological polar surface area (TPSA) is 60.2 Å². The summed E-state index contributed by atoms with van der Waals surface area (Å²) >= 11 is 0. The van der Waals surface area contributed by atoms with Crippen molar-refractivity contribution in [2.75, 3.05) is 13.2 Å². The maximum Gasteiger partial charge on any atom is 0.330 e. The summed E-state index contributed by atoms with van der Waals surface area (Å²) in [5, 5.41) is 8.67. The van der Waals surface area contributed by atoms with Gasteiger partial charge in [-0.1, -0.05) is 77.0 Å². The van der Waals surface area contributed by atoms with Crippen molar-refractivity contribution in [3.05, 3.63) is 66.7 Å². The number of carbonyl (C=O) groups excluding carboxylic acids is 1. The number of carbonyl (C=O) groups is 1. The molecule has 0 fully saturated rings. The van der Waals surface area contributed by atoms with E-state index in [-0.39, 0.29) is 5.97 Å². The first-order chi connectivity index (χ1) is 17.2. The summed E-state index contributed by atoms with van der Waals surface area (Å²) in [5.74, 6) is 0.551. The predicted octanol–water partition coefficient (Wildman–Crippen LogP) is 9.06. The third-order valence-electron chi connectivity index (χ3n) is 5.84. The first-order valence-corrected chi connectivity index (χ1v) is 13.2. The molecular formula is C30H42N2O3.